The molecule has 1 heterocycles. The third-order valence-electron chi connectivity index (χ3n) is 4.47. The Kier molecular flexibility index (Phi) is 5.50. The van der Waals surface area contributed by atoms with Gasteiger partial charge >= 0.3 is 6.18 Å². The molecule has 0 unspecified atom stereocenters. The lowest BCUT2D eigenvalue weighted by atomic mass is 9.93. The average molecular weight is 314 g/mol. The fourth-order valence-corrected chi connectivity index (χ4v) is 3.22. The lowest BCUT2D eigenvalue weighted by Gasteiger charge is -2.25. The Labute approximate surface area is 130 Å². The summed E-state index contributed by atoms with van der Waals surface area (Å²) < 4.78 is 36.9. The molecule has 0 aromatic heterocycles. The first-order chi connectivity index (χ1) is 10.3. The van der Waals surface area contributed by atoms with E-state index in [2.05, 4.69) is 41.0 Å². The van der Waals surface area contributed by atoms with Gasteiger partial charge in [0.25, 0.3) is 0 Å². The number of alkyl halides is 3. The maximum Gasteiger partial charge on any atom is 0.389 e. The zero-order valence-electron chi connectivity index (χ0n) is 13.5. The Balaban J connectivity index is 1.99. The number of benzene rings is 1. The maximum atomic E-state index is 12.3. The molecule has 5 heteroatoms. The van der Waals surface area contributed by atoms with Crippen LogP contribution in [0.2, 0.25) is 0 Å². The van der Waals surface area contributed by atoms with Gasteiger partial charge < -0.3 is 9.80 Å². The number of hydrogen-bond donors (Lipinski definition) is 0. The molecule has 1 aliphatic heterocycles. The molecule has 0 saturated carbocycles. The van der Waals surface area contributed by atoms with E-state index in [-0.39, 0.29) is 6.42 Å². The predicted octanol–water partition coefficient (Wildman–Crippen LogP) is 3.67. The van der Waals surface area contributed by atoms with Crippen molar-refractivity contribution in [3.05, 3.63) is 35.4 Å². The van der Waals surface area contributed by atoms with E-state index in [4.69, 9.17) is 0 Å². The molecule has 1 aliphatic rings. The van der Waals surface area contributed by atoms with Crippen LogP contribution < -0.4 is 0 Å². The highest BCUT2D eigenvalue weighted by atomic mass is 19.4. The van der Waals surface area contributed by atoms with Crippen LogP contribution in [0.3, 0.4) is 0 Å². The van der Waals surface area contributed by atoms with Gasteiger partial charge in [-0.2, -0.15) is 13.2 Å². The Hall–Kier alpha value is -1.07. The minimum absolute atomic E-state index is 0.185. The molecule has 124 valence electrons. The van der Waals surface area contributed by atoms with E-state index in [0.717, 1.165) is 13.1 Å². The summed E-state index contributed by atoms with van der Waals surface area (Å²) in [5.74, 6) is 0.362. The molecule has 0 radical (unpaired) electrons. The molecule has 2 atom stereocenters. The molecule has 1 aromatic carbocycles. The molecule has 0 spiro atoms. The van der Waals surface area contributed by atoms with Crippen LogP contribution in [0.15, 0.2) is 24.3 Å². The molecule has 1 aromatic rings. The van der Waals surface area contributed by atoms with Crippen molar-refractivity contribution in [2.75, 3.05) is 33.7 Å². The number of nitrogens with zero attached hydrogens (tertiary/aromatic N) is 2. The van der Waals surface area contributed by atoms with Crippen molar-refractivity contribution in [3.63, 3.8) is 0 Å². The van der Waals surface area contributed by atoms with Gasteiger partial charge in [-0.15, -0.1) is 0 Å². The van der Waals surface area contributed by atoms with Crippen molar-refractivity contribution in [2.45, 2.75) is 37.9 Å². The SMILES string of the molecule is Cc1ccc([C@@H]2CN(CCCC(F)(F)F)C[C@H]2N(C)C)cc1. The first kappa shape index (κ1) is 17.3. The smallest absolute Gasteiger partial charge is 0.305 e. The first-order valence-corrected chi connectivity index (χ1v) is 7.78. The van der Waals surface area contributed by atoms with E-state index >= 15 is 0 Å². The van der Waals surface area contributed by atoms with Crippen LogP contribution in [0.4, 0.5) is 13.2 Å². The van der Waals surface area contributed by atoms with Gasteiger partial charge in [-0.25, -0.2) is 0 Å². The molecular weight excluding hydrogens is 289 g/mol. The Morgan fingerprint density at radius 2 is 1.77 bits per heavy atom. The van der Waals surface area contributed by atoms with Gasteiger partial charge in [0.05, 0.1) is 0 Å². The number of likely N-dealkylation sites (N-methyl/N-ethyl adjacent to an activating group) is 1. The highest BCUT2D eigenvalue weighted by Crippen LogP contribution is 2.31. The number of hydrogen-bond acceptors (Lipinski definition) is 2. The molecule has 0 bridgehead atoms. The van der Waals surface area contributed by atoms with Gasteiger partial charge in [-0.3, -0.25) is 0 Å². The van der Waals surface area contributed by atoms with Crippen molar-refractivity contribution in [1.29, 1.82) is 0 Å². The Morgan fingerprint density at radius 1 is 1.14 bits per heavy atom. The van der Waals surface area contributed by atoms with Gasteiger partial charge in [-0.1, -0.05) is 29.8 Å². The molecule has 0 N–H and O–H groups in total. The molecule has 1 fully saturated rings. The summed E-state index contributed by atoms with van der Waals surface area (Å²) >= 11 is 0. The molecule has 2 rings (SSSR count). The monoisotopic (exact) mass is 314 g/mol. The minimum Gasteiger partial charge on any atom is -0.305 e. The van der Waals surface area contributed by atoms with Crippen LogP contribution in [0.1, 0.15) is 29.9 Å². The summed E-state index contributed by atoms with van der Waals surface area (Å²) in [6, 6.07) is 8.86. The van der Waals surface area contributed by atoms with Gasteiger partial charge in [-0.05, 0) is 39.5 Å². The summed E-state index contributed by atoms with van der Waals surface area (Å²) in [4.78, 5) is 4.36. The topological polar surface area (TPSA) is 6.48 Å². The van der Waals surface area contributed by atoms with Gasteiger partial charge in [0.15, 0.2) is 0 Å². The molecule has 0 aliphatic carbocycles. The normalized spacial score (nSPS) is 23.4. The number of halogens is 3. The molecule has 1 saturated heterocycles. The van der Waals surface area contributed by atoms with Crippen LogP contribution in [0, 0.1) is 6.92 Å². The van der Waals surface area contributed by atoms with Gasteiger partial charge in [0, 0.05) is 31.5 Å². The van der Waals surface area contributed by atoms with Crippen LogP contribution in [0.25, 0.3) is 0 Å². The minimum atomic E-state index is -4.04. The zero-order chi connectivity index (χ0) is 16.3. The highest BCUT2D eigenvalue weighted by Gasteiger charge is 2.35. The van der Waals surface area contributed by atoms with E-state index in [0.29, 0.717) is 18.5 Å². The lowest BCUT2D eigenvalue weighted by Crippen LogP contribution is -2.34. The summed E-state index contributed by atoms with van der Waals surface area (Å²) in [5.41, 5.74) is 2.51. The number of likely N-dealkylation sites (tertiary alicyclic amines) is 1. The van der Waals surface area contributed by atoms with E-state index in [1.807, 2.05) is 14.1 Å². The second-order valence-electron chi connectivity index (χ2n) is 6.53. The van der Waals surface area contributed by atoms with Crippen molar-refractivity contribution in [2.24, 2.45) is 0 Å². The first-order valence-electron chi connectivity index (χ1n) is 7.78. The summed E-state index contributed by atoms with van der Waals surface area (Å²) in [5, 5.41) is 0. The van der Waals surface area contributed by atoms with Crippen LogP contribution >= 0.6 is 0 Å². The van der Waals surface area contributed by atoms with Crippen molar-refractivity contribution in [3.8, 4) is 0 Å². The van der Waals surface area contributed by atoms with Gasteiger partial charge in [0.2, 0.25) is 0 Å². The number of aryl methyl sites for hydroxylation is 1. The fraction of sp³-hybridized carbons (Fsp3) is 0.647. The third-order valence-corrected chi connectivity index (χ3v) is 4.47. The summed E-state index contributed by atoms with van der Waals surface area (Å²) in [6.07, 6.45) is -4.55. The van der Waals surface area contributed by atoms with E-state index in [1.165, 1.54) is 11.1 Å². The van der Waals surface area contributed by atoms with Crippen molar-refractivity contribution >= 4 is 0 Å². The van der Waals surface area contributed by atoms with Crippen LogP contribution in [-0.2, 0) is 0 Å². The fourth-order valence-electron chi connectivity index (χ4n) is 3.22. The maximum absolute atomic E-state index is 12.3. The van der Waals surface area contributed by atoms with E-state index < -0.39 is 12.6 Å². The second-order valence-corrected chi connectivity index (χ2v) is 6.53. The Morgan fingerprint density at radius 3 is 2.32 bits per heavy atom. The largest absolute Gasteiger partial charge is 0.389 e. The van der Waals surface area contributed by atoms with E-state index in [1.54, 1.807) is 0 Å². The lowest BCUT2D eigenvalue weighted by molar-refractivity contribution is -0.136. The van der Waals surface area contributed by atoms with Crippen molar-refractivity contribution < 1.29 is 13.2 Å². The Bertz CT molecular complexity index is 468. The highest BCUT2D eigenvalue weighted by molar-refractivity contribution is 5.27. The standard InChI is InChI=1S/C17H25F3N2/c1-13-5-7-14(8-6-13)15-11-22(12-16(15)21(2)3)10-4-9-17(18,19)20/h5-8,15-16H,4,9-12H2,1-3H3/t15-,16+/m0/s1. The molecule has 2 nitrogen and oxygen atoms in total. The number of rotatable bonds is 5. The quantitative estimate of drug-likeness (QED) is 0.818. The van der Waals surface area contributed by atoms with Crippen molar-refractivity contribution in [1.82, 2.24) is 9.80 Å². The van der Waals surface area contributed by atoms with Crippen LogP contribution in [-0.4, -0.2) is 55.7 Å². The molecule has 22 heavy (non-hydrogen) atoms. The molecular formula is C17H25F3N2. The van der Waals surface area contributed by atoms with Gasteiger partial charge in [0.1, 0.15) is 0 Å². The summed E-state index contributed by atoms with van der Waals surface area (Å²) in [6.45, 7) is 4.25. The zero-order valence-corrected chi connectivity index (χ0v) is 13.5. The van der Waals surface area contributed by atoms with E-state index in [9.17, 15) is 13.2 Å². The predicted molar refractivity (Wildman–Crippen MR) is 83.1 cm³/mol. The van der Waals surface area contributed by atoms with Crippen LogP contribution in [0.5, 0.6) is 0 Å². The summed E-state index contributed by atoms with van der Waals surface area (Å²) in [7, 11) is 4.09. The second kappa shape index (κ2) is 7.01. The average Bonchev–Trinajstić information content (AvgIpc) is 2.82. The molecule has 0 amide bonds. The third kappa shape index (κ3) is 4.71.